The molecular weight excluding hydrogens is 297 g/mol. The third-order valence-corrected chi connectivity index (χ3v) is 5.76. The van der Waals surface area contributed by atoms with Crippen LogP contribution in [0.3, 0.4) is 0 Å². The van der Waals surface area contributed by atoms with Crippen LogP contribution in [0.15, 0.2) is 42.6 Å². The fourth-order valence-corrected chi connectivity index (χ4v) is 3.63. The minimum Gasteiger partial charge on any atom is -0.256 e. The number of nitrogens with zero attached hydrogens (tertiary/aromatic N) is 1. The van der Waals surface area contributed by atoms with Crippen LogP contribution in [0.4, 0.5) is 0 Å². The summed E-state index contributed by atoms with van der Waals surface area (Å²) < 4.78 is 0. The predicted molar refractivity (Wildman–Crippen MR) is 110 cm³/mol. The standard InChI is InChI=1S/C20H22B4N/c1-17(2,3)20(23)14-11-16(13-9-7-6-8-10-13)25-12-15(14)19(21,22)18(4,5)24-20/h6-12H,1-5H3. The zero-order valence-corrected chi connectivity index (χ0v) is 15.8. The molecule has 5 heteroatoms. The molecule has 1 aliphatic heterocycles. The van der Waals surface area contributed by atoms with E-state index >= 15 is 0 Å². The fourth-order valence-electron chi connectivity index (χ4n) is 3.63. The zero-order valence-electron chi connectivity index (χ0n) is 15.8. The molecule has 0 bridgehead atoms. The Morgan fingerprint density at radius 2 is 1.56 bits per heavy atom. The highest BCUT2D eigenvalue weighted by molar-refractivity contribution is 6.62. The van der Waals surface area contributed by atoms with Gasteiger partial charge < -0.3 is 0 Å². The highest BCUT2D eigenvalue weighted by atomic mass is 14.7. The Hall–Kier alpha value is -1.37. The van der Waals surface area contributed by atoms with Gasteiger partial charge >= 0.3 is 0 Å². The summed E-state index contributed by atoms with van der Waals surface area (Å²) in [5.74, 6) is 0. The van der Waals surface area contributed by atoms with Crippen molar-refractivity contribution in [3.63, 3.8) is 0 Å². The second-order valence-corrected chi connectivity index (χ2v) is 8.84. The second-order valence-electron chi connectivity index (χ2n) is 8.84. The van der Waals surface area contributed by atoms with Crippen LogP contribution >= 0.6 is 0 Å². The molecule has 7 radical (unpaired) electrons. The van der Waals surface area contributed by atoms with Crippen LogP contribution in [0.1, 0.15) is 45.7 Å². The Bertz CT molecular complexity index is 793. The van der Waals surface area contributed by atoms with Crippen molar-refractivity contribution < 1.29 is 0 Å². The predicted octanol–water partition coefficient (Wildman–Crippen LogP) is 3.52. The second kappa shape index (κ2) is 5.56. The molecule has 3 rings (SSSR count). The maximum atomic E-state index is 7.00. The van der Waals surface area contributed by atoms with E-state index in [9.17, 15) is 0 Å². The van der Waals surface area contributed by atoms with Gasteiger partial charge in [-0.25, -0.2) is 0 Å². The van der Waals surface area contributed by atoms with Gasteiger partial charge in [0.15, 0.2) is 0 Å². The summed E-state index contributed by atoms with van der Waals surface area (Å²) in [6, 6.07) is 12.1. The van der Waals surface area contributed by atoms with Crippen LogP contribution in [0.2, 0.25) is 5.31 Å². The van der Waals surface area contributed by atoms with Crippen molar-refractivity contribution in [1.82, 2.24) is 4.98 Å². The normalized spacial score (nSPS) is 24.2. The van der Waals surface area contributed by atoms with Crippen molar-refractivity contribution >= 4 is 30.8 Å². The molecule has 0 spiro atoms. The van der Waals surface area contributed by atoms with E-state index in [0.29, 0.717) is 0 Å². The molecule has 0 fully saturated rings. The van der Waals surface area contributed by atoms with Crippen LogP contribution in [0.25, 0.3) is 11.3 Å². The van der Waals surface area contributed by atoms with Gasteiger partial charge in [0.05, 0.1) is 29.2 Å². The Kier molecular flexibility index (Phi) is 4.10. The zero-order chi connectivity index (χ0) is 18.7. The molecule has 1 atom stereocenters. The van der Waals surface area contributed by atoms with Crippen molar-refractivity contribution in [2.75, 3.05) is 0 Å². The van der Waals surface area contributed by atoms with Crippen molar-refractivity contribution in [1.29, 1.82) is 0 Å². The highest BCUT2D eigenvalue weighted by Crippen LogP contribution is 2.56. The average Bonchev–Trinajstić information content (AvgIpc) is 2.52. The van der Waals surface area contributed by atoms with Gasteiger partial charge in [0.1, 0.15) is 7.28 Å². The maximum absolute atomic E-state index is 7.00. The van der Waals surface area contributed by atoms with Gasteiger partial charge in [-0.3, -0.25) is 4.98 Å². The summed E-state index contributed by atoms with van der Waals surface area (Å²) in [6.07, 6.45) is 1.81. The molecule has 2 aromatic rings. The Labute approximate surface area is 156 Å². The first kappa shape index (κ1) is 18.4. The smallest absolute Gasteiger partial charge is 0.119 e. The average molecular weight is 320 g/mol. The first-order valence-electron chi connectivity index (χ1n) is 8.70. The molecule has 0 aliphatic carbocycles. The maximum Gasteiger partial charge on any atom is 0.119 e. The lowest BCUT2D eigenvalue weighted by molar-refractivity contribution is 0.333. The van der Waals surface area contributed by atoms with Crippen LogP contribution in [0, 0.1) is 5.41 Å². The number of aromatic nitrogens is 1. The van der Waals surface area contributed by atoms with Gasteiger partial charge in [0.25, 0.3) is 0 Å². The summed E-state index contributed by atoms with van der Waals surface area (Å²) in [4.78, 5) is 4.64. The van der Waals surface area contributed by atoms with E-state index in [-0.39, 0.29) is 5.41 Å². The van der Waals surface area contributed by atoms with E-state index in [4.69, 9.17) is 23.5 Å². The molecule has 1 aromatic heterocycles. The molecular formula is C20H22B4N. The summed E-state index contributed by atoms with van der Waals surface area (Å²) in [6.45, 7) is 10.5. The molecule has 0 saturated heterocycles. The molecule has 0 saturated carbocycles. The molecule has 0 amide bonds. The van der Waals surface area contributed by atoms with E-state index in [0.717, 1.165) is 22.4 Å². The van der Waals surface area contributed by atoms with E-state index in [1.807, 2.05) is 44.2 Å². The number of hydrogen-bond donors (Lipinski definition) is 0. The molecule has 25 heavy (non-hydrogen) atoms. The molecule has 1 aromatic carbocycles. The SMILES string of the molecule is [B]C1([B])c2cnc(-c3ccccc3)cc2C([B])(C(C)(C)C)[B]C1(C)C. The summed E-state index contributed by atoms with van der Waals surface area (Å²) in [5.41, 5.74) is 3.49. The third-order valence-electron chi connectivity index (χ3n) is 5.76. The number of fused-ring (bicyclic) bond motifs is 1. The van der Waals surface area contributed by atoms with Crippen LogP contribution < -0.4 is 0 Å². The third kappa shape index (κ3) is 2.71. The minimum absolute atomic E-state index is 0.204. The highest BCUT2D eigenvalue weighted by Gasteiger charge is 2.54. The Balaban J connectivity index is 2.29. The minimum atomic E-state index is -1.03. The molecule has 1 aliphatic rings. The molecule has 119 valence electrons. The number of pyridine rings is 1. The lowest BCUT2D eigenvalue weighted by atomic mass is 9.15. The monoisotopic (exact) mass is 320 g/mol. The van der Waals surface area contributed by atoms with Crippen LogP contribution in [0.5, 0.6) is 0 Å². The van der Waals surface area contributed by atoms with Crippen LogP contribution in [-0.4, -0.2) is 35.8 Å². The summed E-state index contributed by atoms with van der Waals surface area (Å²) in [7, 11) is 22.3. The number of hydrogen-bond acceptors (Lipinski definition) is 1. The van der Waals surface area contributed by atoms with Crippen molar-refractivity contribution in [2.45, 2.75) is 50.4 Å². The molecule has 0 N–H and O–H groups in total. The topological polar surface area (TPSA) is 12.9 Å². The van der Waals surface area contributed by atoms with Crippen molar-refractivity contribution in [2.24, 2.45) is 5.41 Å². The number of benzene rings is 1. The van der Waals surface area contributed by atoms with Crippen LogP contribution in [-0.2, 0) is 10.4 Å². The Morgan fingerprint density at radius 1 is 0.960 bits per heavy atom. The molecule has 1 nitrogen and oxygen atoms in total. The summed E-state index contributed by atoms with van der Waals surface area (Å²) >= 11 is 0. The molecule has 1 unspecified atom stereocenters. The van der Waals surface area contributed by atoms with Crippen molar-refractivity contribution in [3.8, 4) is 11.3 Å². The Morgan fingerprint density at radius 3 is 2.12 bits per heavy atom. The number of rotatable bonds is 1. The first-order valence-corrected chi connectivity index (χ1v) is 8.70. The van der Waals surface area contributed by atoms with E-state index in [1.165, 1.54) is 0 Å². The largest absolute Gasteiger partial charge is 0.256 e. The van der Waals surface area contributed by atoms with E-state index < -0.39 is 15.7 Å². The van der Waals surface area contributed by atoms with Gasteiger partial charge in [0.2, 0.25) is 0 Å². The lowest BCUT2D eigenvalue weighted by Gasteiger charge is -2.59. The summed E-state index contributed by atoms with van der Waals surface area (Å²) in [5, 5.41) is -2.17. The molecule has 2 heterocycles. The van der Waals surface area contributed by atoms with E-state index in [1.54, 1.807) is 6.20 Å². The van der Waals surface area contributed by atoms with Gasteiger partial charge in [-0.15, -0.1) is 0 Å². The van der Waals surface area contributed by atoms with Crippen molar-refractivity contribution in [3.05, 3.63) is 53.7 Å². The van der Waals surface area contributed by atoms with Gasteiger partial charge in [0, 0.05) is 11.8 Å². The fraction of sp³-hybridized carbons (Fsp3) is 0.450. The van der Waals surface area contributed by atoms with Gasteiger partial charge in [-0.05, 0) is 17.0 Å². The quantitative estimate of drug-likeness (QED) is 0.733. The van der Waals surface area contributed by atoms with Gasteiger partial charge in [-0.2, -0.15) is 0 Å². The first-order chi connectivity index (χ1) is 11.4. The van der Waals surface area contributed by atoms with E-state index in [2.05, 4.69) is 39.1 Å². The van der Waals surface area contributed by atoms with Gasteiger partial charge in [-0.1, -0.05) is 86.3 Å². The lowest BCUT2D eigenvalue weighted by Crippen LogP contribution is -2.60.